The summed E-state index contributed by atoms with van der Waals surface area (Å²) in [6.45, 7) is 5.50. The monoisotopic (exact) mass is 284 g/mol. The minimum Gasteiger partial charge on any atom is -0.481 e. The highest BCUT2D eigenvalue weighted by atomic mass is 32.2. The highest BCUT2D eigenvalue weighted by molar-refractivity contribution is 7.99. The van der Waals surface area contributed by atoms with Crippen LogP contribution >= 0.6 is 11.8 Å². The summed E-state index contributed by atoms with van der Waals surface area (Å²) in [6.07, 6.45) is 7.46. The molecule has 0 saturated carbocycles. The molecule has 0 heterocycles. The predicted octanol–water partition coefficient (Wildman–Crippen LogP) is 2.97. The lowest BCUT2D eigenvalue weighted by atomic mass is 10.1. The van der Waals surface area contributed by atoms with E-state index in [0.717, 1.165) is 5.57 Å². The minimum absolute atomic E-state index is 0.107. The van der Waals surface area contributed by atoms with Gasteiger partial charge in [0.1, 0.15) is 0 Å². The molecule has 0 saturated heterocycles. The van der Waals surface area contributed by atoms with Crippen LogP contribution in [0.15, 0.2) is 36.5 Å². The average Bonchev–Trinajstić information content (AvgIpc) is 2.36. The molecule has 19 heavy (non-hydrogen) atoms. The third-order valence-electron chi connectivity index (χ3n) is 2.46. The highest BCUT2D eigenvalue weighted by Gasteiger charge is 2.18. The lowest BCUT2D eigenvalue weighted by Gasteiger charge is -2.10. The van der Waals surface area contributed by atoms with Crippen LogP contribution in [0.1, 0.15) is 19.8 Å². The van der Waals surface area contributed by atoms with Crippen molar-refractivity contribution in [2.75, 3.05) is 11.5 Å². The number of carbonyl (C=O) groups is 2. The van der Waals surface area contributed by atoms with Gasteiger partial charge in [-0.15, -0.1) is 0 Å². The second-order valence-corrected chi connectivity index (χ2v) is 4.97. The van der Waals surface area contributed by atoms with Crippen molar-refractivity contribution in [2.45, 2.75) is 19.8 Å². The molecule has 0 spiro atoms. The van der Waals surface area contributed by atoms with Crippen LogP contribution in [0, 0.1) is 5.92 Å². The van der Waals surface area contributed by atoms with Crippen LogP contribution in [0.4, 0.5) is 0 Å². The molecule has 5 heteroatoms. The molecule has 0 radical (unpaired) electrons. The van der Waals surface area contributed by atoms with Crippen LogP contribution in [-0.4, -0.2) is 33.7 Å². The van der Waals surface area contributed by atoms with Gasteiger partial charge in [0, 0.05) is 17.9 Å². The van der Waals surface area contributed by atoms with Crippen LogP contribution in [0.5, 0.6) is 0 Å². The van der Waals surface area contributed by atoms with Crippen molar-refractivity contribution in [1.29, 1.82) is 0 Å². The molecule has 0 aliphatic carbocycles. The number of carboxylic acids is 2. The number of aliphatic carboxylic acids is 2. The Morgan fingerprint density at radius 2 is 2.05 bits per heavy atom. The third-order valence-corrected chi connectivity index (χ3v) is 3.64. The van der Waals surface area contributed by atoms with Gasteiger partial charge in [-0.05, 0) is 18.9 Å². The molecule has 0 rings (SSSR count). The Bertz CT molecular complexity index is 372. The molecule has 1 atom stereocenters. The molecule has 4 nitrogen and oxygen atoms in total. The largest absolute Gasteiger partial charge is 0.481 e. The Labute approximate surface area is 117 Å². The molecule has 0 aliphatic rings. The molecule has 0 aromatic heterocycles. The number of hydrogen-bond acceptors (Lipinski definition) is 3. The number of carboxylic acid groups (broad SMARTS) is 2. The second-order valence-electron chi connectivity index (χ2n) is 3.94. The molecule has 2 N–H and O–H groups in total. The maximum atomic E-state index is 11.0. The van der Waals surface area contributed by atoms with Crippen LogP contribution in [0.3, 0.4) is 0 Å². The zero-order chi connectivity index (χ0) is 14.7. The molecule has 1 unspecified atom stereocenters. The topological polar surface area (TPSA) is 74.6 Å². The Morgan fingerprint density at radius 1 is 1.37 bits per heavy atom. The van der Waals surface area contributed by atoms with Gasteiger partial charge in [-0.3, -0.25) is 9.59 Å². The lowest BCUT2D eigenvalue weighted by Crippen LogP contribution is -2.18. The van der Waals surface area contributed by atoms with E-state index in [0.29, 0.717) is 11.5 Å². The normalized spacial score (nSPS) is 13.4. The van der Waals surface area contributed by atoms with Crippen molar-refractivity contribution in [3.63, 3.8) is 0 Å². The number of hydrogen-bond donors (Lipinski definition) is 2. The van der Waals surface area contributed by atoms with Gasteiger partial charge in [0.25, 0.3) is 0 Å². The van der Waals surface area contributed by atoms with Gasteiger partial charge >= 0.3 is 11.9 Å². The summed E-state index contributed by atoms with van der Waals surface area (Å²) in [5.41, 5.74) is 1.09. The molecular formula is C14H20O4S. The number of allylic oxidation sites excluding steroid dienone is 4. The van der Waals surface area contributed by atoms with E-state index in [-0.39, 0.29) is 12.8 Å². The summed E-state index contributed by atoms with van der Waals surface area (Å²) in [6, 6.07) is 0. The van der Waals surface area contributed by atoms with E-state index >= 15 is 0 Å². The summed E-state index contributed by atoms with van der Waals surface area (Å²) >= 11 is 1.50. The fourth-order valence-electron chi connectivity index (χ4n) is 1.31. The fraction of sp³-hybridized carbons (Fsp3) is 0.429. The smallest absolute Gasteiger partial charge is 0.307 e. The zero-order valence-corrected chi connectivity index (χ0v) is 11.9. The summed E-state index contributed by atoms with van der Waals surface area (Å²) in [4.78, 5) is 21.4. The van der Waals surface area contributed by atoms with E-state index in [1.54, 1.807) is 6.08 Å². The Hall–Kier alpha value is -1.49. The van der Waals surface area contributed by atoms with Gasteiger partial charge in [-0.2, -0.15) is 11.8 Å². The molecule has 0 amide bonds. The minimum atomic E-state index is -0.959. The van der Waals surface area contributed by atoms with Crippen molar-refractivity contribution in [3.05, 3.63) is 36.5 Å². The summed E-state index contributed by atoms with van der Waals surface area (Å²) < 4.78 is 0. The fourth-order valence-corrected chi connectivity index (χ4v) is 2.52. The Morgan fingerprint density at radius 3 is 2.53 bits per heavy atom. The first-order chi connectivity index (χ1) is 9.01. The lowest BCUT2D eigenvalue weighted by molar-refractivity contribution is -0.142. The van der Waals surface area contributed by atoms with Crippen molar-refractivity contribution in [2.24, 2.45) is 5.92 Å². The van der Waals surface area contributed by atoms with E-state index in [4.69, 9.17) is 10.2 Å². The summed E-state index contributed by atoms with van der Waals surface area (Å²) in [7, 11) is 0. The number of rotatable bonds is 10. The van der Waals surface area contributed by atoms with Crippen molar-refractivity contribution in [1.82, 2.24) is 0 Å². The highest BCUT2D eigenvalue weighted by Crippen LogP contribution is 2.17. The summed E-state index contributed by atoms with van der Waals surface area (Å²) in [5, 5.41) is 17.6. The zero-order valence-electron chi connectivity index (χ0n) is 11.0. The maximum absolute atomic E-state index is 11.0. The summed E-state index contributed by atoms with van der Waals surface area (Å²) in [5.74, 6) is -1.38. The Kier molecular flexibility index (Phi) is 9.62. The van der Waals surface area contributed by atoms with E-state index in [1.165, 1.54) is 11.8 Å². The molecule has 0 aromatic carbocycles. The van der Waals surface area contributed by atoms with Crippen molar-refractivity contribution in [3.8, 4) is 0 Å². The SMILES string of the molecule is C=C/C=C\C(=C/C)CSCC(CCC(=O)O)C(=O)O. The Balaban J connectivity index is 4.18. The van der Waals surface area contributed by atoms with Gasteiger partial charge in [0.2, 0.25) is 0 Å². The van der Waals surface area contributed by atoms with E-state index in [9.17, 15) is 9.59 Å². The first kappa shape index (κ1) is 17.5. The van der Waals surface area contributed by atoms with Gasteiger partial charge in [-0.1, -0.05) is 30.9 Å². The quantitative estimate of drug-likeness (QED) is 0.603. The van der Waals surface area contributed by atoms with E-state index in [2.05, 4.69) is 6.58 Å². The van der Waals surface area contributed by atoms with E-state index in [1.807, 2.05) is 25.2 Å². The average molecular weight is 284 g/mol. The molecule has 0 aliphatic heterocycles. The van der Waals surface area contributed by atoms with Crippen molar-refractivity contribution < 1.29 is 19.8 Å². The first-order valence-electron chi connectivity index (χ1n) is 5.97. The third kappa shape index (κ3) is 9.13. The van der Waals surface area contributed by atoms with Crippen LogP contribution in [0.25, 0.3) is 0 Å². The molecule has 0 fully saturated rings. The van der Waals surface area contributed by atoms with Crippen LogP contribution < -0.4 is 0 Å². The van der Waals surface area contributed by atoms with Crippen LogP contribution in [-0.2, 0) is 9.59 Å². The second kappa shape index (κ2) is 10.4. The van der Waals surface area contributed by atoms with Crippen molar-refractivity contribution >= 4 is 23.7 Å². The number of thioether (sulfide) groups is 1. The van der Waals surface area contributed by atoms with E-state index < -0.39 is 17.9 Å². The molecular weight excluding hydrogens is 264 g/mol. The first-order valence-corrected chi connectivity index (χ1v) is 7.13. The predicted molar refractivity (Wildman–Crippen MR) is 78.4 cm³/mol. The van der Waals surface area contributed by atoms with Gasteiger partial charge < -0.3 is 10.2 Å². The maximum Gasteiger partial charge on any atom is 0.307 e. The van der Waals surface area contributed by atoms with Gasteiger partial charge in [0.15, 0.2) is 0 Å². The standard InChI is InChI=1S/C14H20O4S/c1-3-5-6-11(4-2)9-19-10-12(14(17)18)7-8-13(15)16/h3-6,12H,1,7-10H2,2H3,(H,15,16)(H,17,18)/b6-5-,11-4+. The van der Waals surface area contributed by atoms with Gasteiger partial charge in [-0.25, -0.2) is 0 Å². The van der Waals surface area contributed by atoms with Gasteiger partial charge in [0.05, 0.1) is 5.92 Å². The van der Waals surface area contributed by atoms with Crippen LogP contribution in [0.2, 0.25) is 0 Å². The molecule has 106 valence electrons. The molecule has 0 aromatic rings. The molecule has 0 bridgehead atoms.